The van der Waals surface area contributed by atoms with Crippen molar-refractivity contribution in [2.24, 2.45) is 5.92 Å². The molecular weight excluding hydrogens is 362 g/mol. The third-order valence-electron chi connectivity index (χ3n) is 4.73. The first-order valence-corrected chi connectivity index (χ1v) is 8.68. The van der Waals surface area contributed by atoms with Crippen molar-refractivity contribution in [2.75, 3.05) is 6.61 Å². The van der Waals surface area contributed by atoms with E-state index in [1.54, 1.807) is 4.90 Å². The molecule has 124 valence electrons. The smallest absolute Gasteiger partial charge is 0.326 e. The fourth-order valence-corrected chi connectivity index (χ4v) is 4.06. The minimum absolute atomic E-state index is 0.0483. The minimum Gasteiger partial charge on any atom is -0.480 e. The lowest BCUT2D eigenvalue weighted by Crippen LogP contribution is -2.51. The molecule has 1 fully saturated rings. The van der Waals surface area contributed by atoms with Crippen molar-refractivity contribution in [3.05, 3.63) is 33.8 Å². The Bertz CT molecular complexity index is 633. The molecule has 5 nitrogen and oxygen atoms in total. The zero-order valence-corrected chi connectivity index (χ0v) is 14.6. The van der Waals surface area contributed by atoms with Crippen molar-refractivity contribution in [3.8, 4) is 0 Å². The van der Waals surface area contributed by atoms with Crippen molar-refractivity contribution in [1.82, 2.24) is 4.90 Å². The molecule has 0 aromatic heterocycles. The first-order chi connectivity index (χ1) is 11.0. The Hall–Kier alpha value is -1.40. The van der Waals surface area contributed by atoms with E-state index in [4.69, 9.17) is 4.74 Å². The maximum Gasteiger partial charge on any atom is 0.326 e. The average Bonchev–Trinajstić information content (AvgIpc) is 2.53. The van der Waals surface area contributed by atoms with E-state index in [1.165, 1.54) is 0 Å². The third-order valence-corrected chi connectivity index (χ3v) is 5.48. The number of benzene rings is 1. The summed E-state index contributed by atoms with van der Waals surface area (Å²) in [7, 11) is 0. The number of nitrogens with zero attached hydrogens (tertiary/aromatic N) is 1. The van der Waals surface area contributed by atoms with Crippen LogP contribution in [0.25, 0.3) is 0 Å². The summed E-state index contributed by atoms with van der Waals surface area (Å²) in [6, 6.07) is 5.00. The highest BCUT2D eigenvalue weighted by Crippen LogP contribution is 2.32. The molecule has 1 aromatic carbocycles. The van der Waals surface area contributed by atoms with Gasteiger partial charge in [-0.1, -0.05) is 28.1 Å². The zero-order valence-electron chi connectivity index (χ0n) is 13.0. The van der Waals surface area contributed by atoms with Gasteiger partial charge in [0.05, 0.1) is 6.10 Å². The van der Waals surface area contributed by atoms with Crippen LogP contribution in [-0.2, 0) is 27.3 Å². The second-order valence-electron chi connectivity index (χ2n) is 6.30. The minimum atomic E-state index is -0.945. The quantitative estimate of drug-likeness (QED) is 0.854. The van der Waals surface area contributed by atoms with Gasteiger partial charge in [-0.15, -0.1) is 0 Å². The molecule has 0 saturated carbocycles. The van der Waals surface area contributed by atoms with E-state index in [1.807, 2.05) is 25.1 Å². The van der Waals surface area contributed by atoms with Gasteiger partial charge >= 0.3 is 5.97 Å². The van der Waals surface area contributed by atoms with Crippen LogP contribution in [-0.4, -0.2) is 40.6 Å². The van der Waals surface area contributed by atoms with Crippen molar-refractivity contribution >= 4 is 27.8 Å². The summed E-state index contributed by atoms with van der Waals surface area (Å²) in [6.45, 7) is 2.87. The number of carbonyl (C=O) groups is 2. The number of halogens is 1. The van der Waals surface area contributed by atoms with Crippen molar-refractivity contribution < 1.29 is 19.4 Å². The number of carboxylic acid groups (broad SMARTS) is 1. The van der Waals surface area contributed by atoms with Gasteiger partial charge in [-0.3, -0.25) is 4.79 Å². The van der Waals surface area contributed by atoms with Gasteiger partial charge in [-0.2, -0.15) is 0 Å². The van der Waals surface area contributed by atoms with Crippen LogP contribution in [0.5, 0.6) is 0 Å². The predicted octanol–water partition coefficient (Wildman–Crippen LogP) is 2.60. The molecule has 1 N–H and O–H groups in total. The van der Waals surface area contributed by atoms with Gasteiger partial charge < -0.3 is 14.7 Å². The predicted molar refractivity (Wildman–Crippen MR) is 88.0 cm³/mol. The number of aliphatic carboxylic acids is 1. The molecule has 6 heteroatoms. The average molecular weight is 382 g/mol. The van der Waals surface area contributed by atoms with Gasteiger partial charge in [0.15, 0.2) is 0 Å². The van der Waals surface area contributed by atoms with Crippen LogP contribution < -0.4 is 0 Å². The summed E-state index contributed by atoms with van der Waals surface area (Å²) in [4.78, 5) is 26.1. The SMILES string of the molecule is CC1CC(C(=O)N2Cc3cccc(Br)c3CC2C(=O)O)CCO1. The Balaban J connectivity index is 1.87. The Morgan fingerprint density at radius 3 is 2.87 bits per heavy atom. The monoisotopic (exact) mass is 381 g/mol. The first-order valence-electron chi connectivity index (χ1n) is 7.88. The van der Waals surface area contributed by atoms with E-state index in [0.717, 1.165) is 15.6 Å². The largest absolute Gasteiger partial charge is 0.480 e. The van der Waals surface area contributed by atoms with Crippen LogP contribution in [0.3, 0.4) is 0 Å². The molecule has 2 aliphatic heterocycles. The summed E-state index contributed by atoms with van der Waals surface area (Å²) < 4.78 is 6.41. The molecule has 1 aromatic rings. The van der Waals surface area contributed by atoms with Crippen LogP contribution in [0.15, 0.2) is 22.7 Å². The van der Waals surface area contributed by atoms with Crippen LogP contribution >= 0.6 is 15.9 Å². The number of carbonyl (C=O) groups excluding carboxylic acids is 1. The summed E-state index contributed by atoms with van der Waals surface area (Å²) in [5.74, 6) is -1.15. The molecule has 0 radical (unpaired) electrons. The molecule has 23 heavy (non-hydrogen) atoms. The molecule has 2 heterocycles. The highest BCUT2D eigenvalue weighted by atomic mass is 79.9. The number of rotatable bonds is 2. The molecule has 0 aliphatic carbocycles. The highest BCUT2D eigenvalue weighted by Gasteiger charge is 2.39. The van der Waals surface area contributed by atoms with E-state index in [0.29, 0.717) is 32.4 Å². The van der Waals surface area contributed by atoms with Crippen molar-refractivity contribution in [2.45, 2.75) is 44.9 Å². The van der Waals surface area contributed by atoms with Crippen molar-refractivity contribution in [3.63, 3.8) is 0 Å². The fraction of sp³-hybridized carbons (Fsp3) is 0.529. The molecular formula is C17H20BrNO4. The second-order valence-corrected chi connectivity index (χ2v) is 7.16. The Morgan fingerprint density at radius 2 is 2.17 bits per heavy atom. The number of hydrogen-bond acceptors (Lipinski definition) is 3. The molecule has 3 unspecified atom stereocenters. The molecule has 3 rings (SSSR count). The molecule has 2 aliphatic rings. The van der Waals surface area contributed by atoms with Crippen molar-refractivity contribution in [1.29, 1.82) is 0 Å². The summed E-state index contributed by atoms with van der Waals surface area (Å²) in [6.07, 6.45) is 1.72. The van der Waals surface area contributed by atoms with Gasteiger partial charge in [0, 0.05) is 30.0 Å². The van der Waals surface area contributed by atoms with Crippen LogP contribution in [0, 0.1) is 5.92 Å². The Labute approximate surface area is 143 Å². The molecule has 1 amide bonds. The second kappa shape index (κ2) is 6.61. The van der Waals surface area contributed by atoms with E-state index in [2.05, 4.69) is 15.9 Å². The summed E-state index contributed by atoms with van der Waals surface area (Å²) in [5.41, 5.74) is 2.01. The molecule has 1 saturated heterocycles. The van der Waals surface area contributed by atoms with Crippen LogP contribution in [0.2, 0.25) is 0 Å². The summed E-state index contributed by atoms with van der Waals surface area (Å²) >= 11 is 3.49. The van der Waals surface area contributed by atoms with Gasteiger partial charge in [0.1, 0.15) is 6.04 Å². The normalized spacial score (nSPS) is 27.4. The number of fused-ring (bicyclic) bond motifs is 1. The first kappa shape index (κ1) is 16.5. The van der Waals surface area contributed by atoms with E-state index >= 15 is 0 Å². The Morgan fingerprint density at radius 1 is 1.39 bits per heavy atom. The van der Waals surface area contributed by atoms with E-state index in [-0.39, 0.29) is 17.9 Å². The fourth-order valence-electron chi connectivity index (χ4n) is 3.49. The lowest BCUT2D eigenvalue weighted by atomic mass is 9.89. The van der Waals surface area contributed by atoms with Crippen LogP contribution in [0.4, 0.5) is 0 Å². The molecule has 0 bridgehead atoms. The molecule has 3 atom stereocenters. The molecule has 0 spiro atoms. The van der Waals surface area contributed by atoms with Gasteiger partial charge in [-0.25, -0.2) is 4.79 Å². The number of ether oxygens (including phenoxy) is 1. The standard InChI is InChI=1S/C17H20BrNO4/c1-10-7-11(5-6-23-10)16(20)19-9-12-3-2-4-14(18)13(12)8-15(19)17(21)22/h2-4,10-11,15H,5-9H2,1H3,(H,21,22). The van der Waals surface area contributed by atoms with Crippen LogP contribution in [0.1, 0.15) is 30.9 Å². The maximum absolute atomic E-state index is 12.9. The lowest BCUT2D eigenvalue weighted by Gasteiger charge is -2.38. The number of hydrogen-bond donors (Lipinski definition) is 1. The number of carboxylic acids is 1. The highest BCUT2D eigenvalue weighted by molar-refractivity contribution is 9.10. The van der Waals surface area contributed by atoms with Gasteiger partial charge in [0.25, 0.3) is 0 Å². The lowest BCUT2D eigenvalue weighted by molar-refractivity contribution is -0.155. The number of amides is 1. The van der Waals surface area contributed by atoms with E-state index in [9.17, 15) is 14.7 Å². The maximum atomic E-state index is 12.9. The third kappa shape index (κ3) is 3.28. The summed E-state index contributed by atoms with van der Waals surface area (Å²) in [5, 5.41) is 9.59. The van der Waals surface area contributed by atoms with Gasteiger partial charge in [-0.05, 0) is 37.0 Å². The zero-order chi connectivity index (χ0) is 16.6. The Kier molecular flexibility index (Phi) is 4.73. The van der Waals surface area contributed by atoms with E-state index < -0.39 is 12.0 Å². The topological polar surface area (TPSA) is 66.8 Å². The van der Waals surface area contributed by atoms with Gasteiger partial charge in [0.2, 0.25) is 5.91 Å².